The van der Waals surface area contributed by atoms with Crippen LogP contribution >= 0.6 is 0 Å². The Labute approximate surface area is 203 Å². The third-order valence-electron chi connectivity index (χ3n) is 5.06. The zero-order valence-corrected chi connectivity index (χ0v) is 19.9. The van der Waals surface area contributed by atoms with E-state index in [-0.39, 0.29) is 17.2 Å². The summed E-state index contributed by atoms with van der Waals surface area (Å²) in [5, 5.41) is 22.6. The van der Waals surface area contributed by atoms with Gasteiger partial charge in [0.15, 0.2) is 23.0 Å². The molecule has 0 radical (unpaired) electrons. The molecule has 0 bridgehead atoms. The van der Waals surface area contributed by atoms with Crippen molar-refractivity contribution in [2.24, 2.45) is 0 Å². The third-order valence-corrected chi connectivity index (χ3v) is 5.06. The minimum Gasteiger partial charge on any atom is -0.508 e. The lowest BCUT2D eigenvalue weighted by Crippen LogP contribution is -2.10. The molecule has 8 nitrogen and oxygen atoms in total. The molecule has 1 amide bonds. The zero-order valence-electron chi connectivity index (χ0n) is 19.9. The Morgan fingerprint density at radius 1 is 0.771 bits per heavy atom. The van der Waals surface area contributed by atoms with E-state index in [1.165, 1.54) is 46.6 Å². The molecule has 0 aliphatic rings. The van der Waals surface area contributed by atoms with Crippen LogP contribution in [0.25, 0.3) is 18.2 Å². The number of phenolic OH excluding ortho intramolecular Hbond substituents is 2. The Hall–Kier alpha value is -4.59. The Morgan fingerprint density at radius 3 is 2.06 bits per heavy atom. The summed E-state index contributed by atoms with van der Waals surface area (Å²) in [5.74, 6) is 1.13. The fraction of sp³-hybridized carbons (Fsp3) is 0.148. The molecule has 3 aromatic rings. The van der Waals surface area contributed by atoms with Crippen molar-refractivity contribution in [2.75, 3.05) is 33.8 Å². The summed E-state index contributed by atoms with van der Waals surface area (Å²) < 4.78 is 21.5. The van der Waals surface area contributed by atoms with E-state index in [9.17, 15) is 15.0 Å². The van der Waals surface area contributed by atoms with E-state index in [1.807, 2.05) is 0 Å². The third kappa shape index (κ3) is 6.05. The number of nitrogens with one attached hydrogen (secondary N) is 1. The maximum Gasteiger partial charge on any atom is 0.248 e. The van der Waals surface area contributed by atoms with Crippen LogP contribution in [-0.4, -0.2) is 44.6 Å². The van der Waals surface area contributed by atoms with E-state index < -0.39 is 5.91 Å². The summed E-state index contributed by atoms with van der Waals surface area (Å²) in [6.45, 7) is 0. The minimum atomic E-state index is -0.445. The fourth-order valence-electron chi connectivity index (χ4n) is 3.41. The molecule has 0 heterocycles. The molecule has 8 heteroatoms. The number of hydrogen-bond donors (Lipinski definition) is 3. The van der Waals surface area contributed by atoms with Crippen molar-refractivity contribution in [3.63, 3.8) is 0 Å². The van der Waals surface area contributed by atoms with Gasteiger partial charge >= 0.3 is 0 Å². The summed E-state index contributed by atoms with van der Waals surface area (Å²) >= 11 is 0. The molecular formula is C27H27NO7. The molecule has 0 spiro atoms. The van der Waals surface area contributed by atoms with Crippen molar-refractivity contribution in [3.8, 4) is 34.5 Å². The second-order valence-corrected chi connectivity index (χ2v) is 7.29. The van der Waals surface area contributed by atoms with Crippen molar-refractivity contribution >= 4 is 29.8 Å². The van der Waals surface area contributed by atoms with E-state index in [0.29, 0.717) is 34.1 Å². The lowest BCUT2D eigenvalue weighted by atomic mass is 10.1. The van der Waals surface area contributed by atoms with E-state index in [4.69, 9.17) is 18.9 Å². The lowest BCUT2D eigenvalue weighted by Gasteiger charge is -2.14. The largest absolute Gasteiger partial charge is 0.508 e. The molecule has 0 unspecified atom stereocenters. The number of ether oxygens (including phenoxy) is 4. The number of carbonyl (C=O) groups is 1. The predicted molar refractivity (Wildman–Crippen MR) is 135 cm³/mol. The van der Waals surface area contributed by atoms with Crippen molar-refractivity contribution in [2.45, 2.75) is 0 Å². The van der Waals surface area contributed by atoms with Gasteiger partial charge in [-0.2, -0.15) is 0 Å². The van der Waals surface area contributed by atoms with Gasteiger partial charge < -0.3 is 34.5 Å². The molecule has 0 saturated carbocycles. The Kier molecular flexibility index (Phi) is 8.24. The average molecular weight is 478 g/mol. The molecule has 182 valence electrons. The van der Waals surface area contributed by atoms with Gasteiger partial charge in [-0.15, -0.1) is 0 Å². The molecule has 0 saturated heterocycles. The van der Waals surface area contributed by atoms with E-state index >= 15 is 0 Å². The Bertz CT molecular complexity index is 1240. The van der Waals surface area contributed by atoms with Crippen LogP contribution in [0.15, 0.2) is 54.6 Å². The SMILES string of the molecule is COc1cc(/C=C/c2ccc(O)c(OC)c2NC(=O)/C=C/c2cccc(O)c2)cc(OC)c1OC. The molecule has 3 N–H and O–H groups in total. The highest BCUT2D eigenvalue weighted by molar-refractivity contribution is 6.04. The molecular weight excluding hydrogens is 450 g/mol. The quantitative estimate of drug-likeness (QED) is 0.296. The molecule has 0 aromatic heterocycles. The maximum atomic E-state index is 12.6. The van der Waals surface area contributed by atoms with Crippen LogP contribution in [0, 0.1) is 0 Å². The number of anilines is 1. The van der Waals surface area contributed by atoms with Gasteiger partial charge in [0.25, 0.3) is 0 Å². The standard InChI is InChI=1S/C27H27NO7/c1-32-22-15-18(16-23(33-2)27(22)35-4)8-10-19-11-12-21(30)26(34-3)25(19)28-24(31)13-9-17-6-5-7-20(29)14-17/h5-16,29-30H,1-4H3,(H,28,31)/b10-8+,13-9+. The summed E-state index contributed by atoms with van der Waals surface area (Å²) in [6.07, 6.45) is 6.45. The van der Waals surface area contributed by atoms with Crippen LogP contribution in [0.3, 0.4) is 0 Å². The van der Waals surface area contributed by atoms with Gasteiger partial charge in [-0.05, 0) is 53.6 Å². The van der Waals surface area contributed by atoms with E-state index in [2.05, 4.69) is 5.32 Å². The first kappa shape index (κ1) is 25.0. The van der Waals surface area contributed by atoms with Crippen LogP contribution in [0.1, 0.15) is 16.7 Å². The van der Waals surface area contributed by atoms with E-state index in [1.54, 1.807) is 54.6 Å². The number of benzene rings is 3. The second kappa shape index (κ2) is 11.5. The van der Waals surface area contributed by atoms with Gasteiger partial charge in [-0.25, -0.2) is 0 Å². The first-order valence-electron chi connectivity index (χ1n) is 10.6. The van der Waals surface area contributed by atoms with Gasteiger partial charge in [0, 0.05) is 11.6 Å². The first-order valence-corrected chi connectivity index (χ1v) is 10.6. The highest BCUT2D eigenvalue weighted by atomic mass is 16.5. The van der Waals surface area contributed by atoms with Crippen LogP contribution in [0.4, 0.5) is 5.69 Å². The highest BCUT2D eigenvalue weighted by Gasteiger charge is 2.15. The van der Waals surface area contributed by atoms with Crippen molar-refractivity contribution in [3.05, 3.63) is 71.3 Å². The van der Waals surface area contributed by atoms with E-state index in [0.717, 1.165) is 5.56 Å². The number of amides is 1. The monoisotopic (exact) mass is 477 g/mol. The lowest BCUT2D eigenvalue weighted by molar-refractivity contribution is -0.111. The number of carbonyl (C=O) groups excluding carboxylic acids is 1. The molecule has 0 aliphatic heterocycles. The van der Waals surface area contributed by atoms with Gasteiger partial charge in [0.05, 0.1) is 34.1 Å². The highest BCUT2D eigenvalue weighted by Crippen LogP contribution is 2.40. The zero-order chi connectivity index (χ0) is 25.4. The average Bonchev–Trinajstić information content (AvgIpc) is 2.86. The topological polar surface area (TPSA) is 106 Å². The maximum absolute atomic E-state index is 12.6. The smallest absolute Gasteiger partial charge is 0.248 e. The molecule has 0 atom stereocenters. The summed E-state index contributed by atoms with van der Waals surface area (Å²) in [7, 11) is 6.00. The van der Waals surface area contributed by atoms with Crippen LogP contribution in [0.2, 0.25) is 0 Å². The second-order valence-electron chi connectivity index (χ2n) is 7.29. The van der Waals surface area contributed by atoms with Gasteiger partial charge in [-0.3, -0.25) is 4.79 Å². The van der Waals surface area contributed by atoms with Gasteiger partial charge in [-0.1, -0.05) is 24.3 Å². The number of methoxy groups -OCH3 is 4. The number of rotatable bonds is 9. The van der Waals surface area contributed by atoms with Crippen molar-refractivity contribution in [1.29, 1.82) is 0 Å². The predicted octanol–water partition coefficient (Wildman–Crippen LogP) is 4.95. The summed E-state index contributed by atoms with van der Waals surface area (Å²) in [4.78, 5) is 12.6. The summed E-state index contributed by atoms with van der Waals surface area (Å²) in [6, 6.07) is 13.2. The minimum absolute atomic E-state index is 0.0985. The molecule has 35 heavy (non-hydrogen) atoms. The van der Waals surface area contributed by atoms with Gasteiger partial charge in [0.1, 0.15) is 5.75 Å². The first-order chi connectivity index (χ1) is 16.9. The number of hydrogen-bond acceptors (Lipinski definition) is 7. The molecule has 3 rings (SSSR count). The van der Waals surface area contributed by atoms with Gasteiger partial charge in [0.2, 0.25) is 11.7 Å². The summed E-state index contributed by atoms with van der Waals surface area (Å²) in [5.41, 5.74) is 2.30. The Balaban J connectivity index is 1.94. The molecule has 0 fully saturated rings. The number of phenols is 2. The van der Waals surface area contributed by atoms with Crippen molar-refractivity contribution < 1.29 is 34.0 Å². The van der Waals surface area contributed by atoms with Crippen molar-refractivity contribution in [1.82, 2.24) is 0 Å². The van der Waals surface area contributed by atoms with Crippen LogP contribution < -0.4 is 24.3 Å². The van der Waals surface area contributed by atoms with Crippen LogP contribution in [0.5, 0.6) is 34.5 Å². The molecule has 0 aliphatic carbocycles. The molecule has 3 aromatic carbocycles. The Morgan fingerprint density at radius 2 is 1.46 bits per heavy atom. The fourth-order valence-corrected chi connectivity index (χ4v) is 3.41. The normalized spacial score (nSPS) is 11.0. The number of aromatic hydroxyl groups is 2. The van der Waals surface area contributed by atoms with Crippen LogP contribution in [-0.2, 0) is 4.79 Å².